The van der Waals surface area contributed by atoms with Crippen molar-refractivity contribution in [2.45, 2.75) is 25.2 Å². The Labute approximate surface area is 106 Å². The minimum absolute atomic E-state index is 0.0402. The van der Waals surface area contributed by atoms with Crippen molar-refractivity contribution in [2.75, 3.05) is 5.73 Å². The van der Waals surface area contributed by atoms with E-state index >= 15 is 0 Å². The topological polar surface area (TPSA) is 38.9 Å². The van der Waals surface area contributed by atoms with Gasteiger partial charge in [-0.1, -0.05) is 6.07 Å². The summed E-state index contributed by atoms with van der Waals surface area (Å²) in [5, 5.41) is 0. The molecule has 0 aliphatic heterocycles. The average molecular weight is 242 g/mol. The number of aryl methyl sites for hydroxylation is 1. The molecule has 0 saturated carbocycles. The Hall–Kier alpha value is -1.90. The Bertz CT molecular complexity index is 580. The molecule has 1 unspecified atom stereocenters. The molecule has 1 aromatic heterocycles. The predicted octanol–water partition coefficient (Wildman–Crippen LogP) is 3.27. The van der Waals surface area contributed by atoms with Gasteiger partial charge in [0.1, 0.15) is 5.82 Å². The van der Waals surface area contributed by atoms with Gasteiger partial charge in [0, 0.05) is 17.8 Å². The van der Waals surface area contributed by atoms with E-state index in [0.717, 1.165) is 25.0 Å². The van der Waals surface area contributed by atoms with Crippen molar-refractivity contribution in [2.24, 2.45) is 0 Å². The molecule has 0 bridgehead atoms. The van der Waals surface area contributed by atoms with Gasteiger partial charge in [-0.15, -0.1) is 0 Å². The lowest BCUT2D eigenvalue weighted by molar-refractivity contribution is 0.550. The maximum absolute atomic E-state index is 14.0. The second-order valence-electron chi connectivity index (χ2n) is 4.77. The molecule has 92 valence electrons. The number of pyridine rings is 1. The quantitative estimate of drug-likeness (QED) is 0.779. The Kier molecular flexibility index (Phi) is 2.74. The number of nitrogens with two attached hydrogens (primary N) is 1. The lowest BCUT2D eigenvalue weighted by atomic mass is 9.82. The van der Waals surface area contributed by atoms with Crippen molar-refractivity contribution in [3.8, 4) is 0 Å². The van der Waals surface area contributed by atoms with Crippen molar-refractivity contribution in [1.29, 1.82) is 0 Å². The third-order valence-electron chi connectivity index (χ3n) is 3.59. The Balaban J connectivity index is 2.11. The molecule has 0 saturated heterocycles. The van der Waals surface area contributed by atoms with Gasteiger partial charge in [-0.05, 0) is 54.7 Å². The largest absolute Gasteiger partial charge is 0.399 e. The van der Waals surface area contributed by atoms with Crippen LogP contribution in [-0.4, -0.2) is 4.98 Å². The predicted molar refractivity (Wildman–Crippen MR) is 69.8 cm³/mol. The van der Waals surface area contributed by atoms with Gasteiger partial charge in [0.05, 0.1) is 5.69 Å². The minimum atomic E-state index is -0.187. The fraction of sp³-hybridized carbons (Fsp3) is 0.267. The molecule has 1 aliphatic rings. The number of rotatable bonds is 1. The first-order chi connectivity index (χ1) is 8.75. The van der Waals surface area contributed by atoms with Crippen LogP contribution in [0.5, 0.6) is 0 Å². The smallest absolute Gasteiger partial charge is 0.127 e. The summed E-state index contributed by atoms with van der Waals surface area (Å²) >= 11 is 0. The molecule has 0 radical (unpaired) electrons. The lowest BCUT2D eigenvalue weighted by Gasteiger charge is -2.25. The molecule has 1 heterocycles. The van der Waals surface area contributed by atoms with Crippen LogP contribution in [0.3, 0.4) is 0 Å². The first kappa shape index (κ1) is 11.2. The molecule has 1 atom stereocenters. The van der Waals surface area contributed by atoms with Crippen LogP contribution < -0.4 is 5.73 Å². The Morgan fingerprint density at radius 1 is 1.28 bits per heavy atom. The molecule has 0 spiro atoms. The third kappa shape index (κ3) is 1.86. The summed E-state index contributed by atoms with van der Waals surface area (Å²) < 4.78 is 14.0. The second-order valence-corrected chi connectivity index (χ2v) is 4.77. The summed E-state index contributed by atoms with van der Waals surface area (Å²) in [7, 11) is 0. The number of anilines is 1. The maximum atomic E-state index is 14.0. The minimum Gasteiger partial charge on any atom is -0.399 e. The van der Waals surface area contributed by atoms with E-state index < -0.39 is 0 Å². The van der Waals surface area contributed by atoms with Crippen LogP contribution in [0.15, 0.2) is 36.5 Å². The number of hydrogen-bond donors (Lipinski definition) is 1. The van der Waals surface area contributed by atoms with Gasteiger partial charge in [-0.25, -0.2) is 4.39 Å². The first-order valence-electron chi connectivity index (χ1n) is 6.24. The second kappa shape index (κ2) is 4.41. The van der Waals surface area contributed by atoms with E-state index in [1.54, 1.807) is 18.3 Å². The van der Waals surface area contributed by atoms with E-state index in [4.69, 9.17) is 5.73 Å². The molecule has 18 heavy (non-hydrogen) atoms. The van der Waals surface area contributed by atoms with Crippen molar-refractivity contribution in [3.05, 3.63) is 59.2 Å². The number of nitrogen functional groups attached to an aromatic ring is 1. The standard InChI is InChI=1S/C15H15FN2/c16-14-7-6-11(17)9-13(14)12-5-1-3-10-4-2-8-18-15(10)12/h2,4,6-9,12H,1,3,5,17H2. The van der Waals surface area contributed by atoms with Crippen LogP contribution in [0.2, 0.25) is 0 Å². The molecule has 0 fully saturated rings. The summed E-state index contributed by atoms with van der Waals surface area (Å²) in [6.45, 7) is 0. The van der Waals surface area contributed by atoms with Gasteiger partial charge in [-0.3, -0.25) is 4.98 Å². The van der Waals surface area contributed by atoms with Gasteiger partial charge >= 0.3 is 0 Å². The molecular formula is C15H15FN2. The molecule has 1 aromatic carbocycles. The maximum Gasteiger partial charge on any atom is 0.127 e. The van der Waals surface area contributed by atoms with Gasteiger partial charge in [0.15, 0.2) is 0 Å². The Morgan fingerprint density at radius 3 is 3.06 bits per heavy atom. The zero-order valence-electron chi connectivity index (χ0n) is 10.1. The van der Waals surface area contributed by atoms with Crippen LogP contribution in [0, 0.1) is 5.82 Å². The summed E-state index contributed by atoms with van der Waals surface area (Å²) in [5.74, 6) is -0.147. The molecular weight excluding hydrogens is 227 g/mol. The van der Waals surface area contributed by atoms with Crippen molar-refractivity contribution < 1.29 is 4.39 Å². The molecule has 2 aromatic rings. The van der Waals surface area contributed by atoms with Gasteiger partial charge in [0.2, 0.25) is 0 Å². The van der Waals surface area contributed by atoms with Crippen molar-refractivity contribution >= 4 is 5.69 Å². The monoisotopic (exact) mass is 242 g/mol. The number of benzene rings is 1. The van der Waals surface area contributed by atoms with E-state index in [2.05, 4.69) is 11.1 Å². The fourth-order valence-electron chi connectivity index (χ4n) is 2.74. The van der Waals surface area contributed by atoms with E-state index in [0.29, 0.717) is 11.3 Å². The average Bonchev–Trinajstić information content (AvgIpc) is 2.41. The highest BCUT2D eigenvalue weighted by Gasteiger charge is 2.25. The Morgan fingerprint density at radius 2 is 2.17 bits per heavy atom. The molecule has 0 amide bonds. The van der Waals surface area contributed by atoms with Crippen LogP contribution in [0.4, 0.5) is 10.1 Å². The number of halogens is 1. The molecule has 2 N–H and O–H groups in total. The number of fused-ring (bicyclic) bond motifs is 1. The summed E-state index contributed by atoms with van der Waals surface area (Å²) in [5.41, 5.74) is 9.29. The summed E-state index contributed by atoms with van der Waals surface area (Å²) in [4.78, 5) is 4.44. The molecule has 3 rings (SSSR count). The molecule has 1 aliphatic carbocycles. The highest BCUT2D eigenvalue weighted by Crippen LogP contribution is 2.36. The third-order valence-corrected chi connectivity index (χ3v) is 3.59. The van der Waals surface area contributed by atoms with Gasteiger partial charge in [0.25, 0.3) is 0 Å². The van der Waals surface area contributed by atoms with E-state index in [9.17, 15) is 4.39 Å². The van der Waals surface area contributed by atoms with Gasteiger partial charge < -0.3 is 5.73 Å². The number of aromatic nitrogens is 1. The fourth-order valence-corrected chi connectivity index (χ4v) is 2.74. The first-order valence-corrected chi connectivity index (χ1v) is 6.24. The van der Waals surface area contributed by atoms with Crippen LogP contribution in [0.1, 0.15) is 35.6 Å². The molecule has 2 nitrogen and oxygen atoms in total. The van der Waals surface area contributed by atoms with Crippen LogP contribution >= 0.6 is 0 Å². The van der Waals surface area contributed by atoms with Crippen molar-refractivity contribution in [1.82, 2.24) is 4.98 Å². The number of nitrogens with zero attached hydrogens (tertiary/aromatic N) is 1. The zero-order chi connectivity index (χ0) is 12.5. The van der Waals surface area contributed by atoms with Crippen LogP contribution in [-0.2, 0) is 6.42 Å². The SMILES string of the molecule is Nc1ccc(F)c(C2CCCc3cccnc32)c1. The highest BCUT2D eigenvalue weighted by molar-refractivity contribution is 5.46. The van der Waals surface area contributed by atoms with E-state index in [1.807, 2.05) is 6.07 Å². The normalized spacial score (nSPS) is 18.4. The molecule has 3 heteroatoms. The van der Waals surface area contributed by atoms with Crippen molar-refractivity contribution in [3.63, 3.8) is 0 Å². The van der Waals surface area contributed by atoms with Crippen LogP contribution in [0.25, 0.3) is 0 Å². The van der Waals surface area contributed by atoms with Gasteiger partial charge in [-0.2, -0.15) is 0 Å². The lowest BCUT2D eigenvalue weighted by Crippen LogP contribution is -2.14. The van der Waals surface area contributed by atoms with E-state index in [-0.39, 0.29) is 11.7 Å². The van der Waals surface area contributed by atoms with E-state index in [1.165, 1.54) is 11.6 Å². The highest BCUT2D eigenvalue weighted by atomic mass is 19.1. The summed E-state index contributed by atoms with van der Waals surface area (Å²) in [6.07, 6.45) is 4.81. The zero-order valence-corrected chi connectivity index (χ0v) is 10.1. The number of hydrogen-bond acceptors (Lipinski definition) is 2. The summed E-state index contributed by atoms with van der Waals surface area (Å²) in [6, 6.07) is 8.81.